The molecule has 0 unspecified atom stereocenters. The molecule has 0 bridgehead atoms. The lowest BCUT2D eigenvalue weighted by atomic mass is 9.93. The molecule has 1 saturated carbocycles. The quantitative estimate of drug-likeness (QED) is 0.883. The Bertz CT molecular complexity index is 436. The Labute approximate surface area is 121 Å². The first-order valence-electron chi connectivity index (χ1n) is 7.88. The number of nitrogens with one attached hydrogen (secondary N) is 2. The summed E-state index contributed by atoms with van der Waals surface area (Å²) in [5, 5.41) is 6.76. The lowest BCUT2D eigenvalue weighted by molar-refractivity contribution is -0.122. The predicted octanol–water partition coefficient (Wildman–Crippen LogP) is 2.27. The maximum atomic E-state index is 11.2. The second-order valence-electron chi connectivity index (χ2n) is 6.19. The van der Waals surface area contributed by atoms with E-state index in [1.165, 1.54) is 31.2 Å². The van der Waals surface area contributed by atoms with Gasteiger partial charge >= 0.3 is 0 Å². The lowest BCUT2D eigenvalue weighted by Gasteiger charge is -2.30. The lowest BCUT2D eigenvalue weighted by Crippen LogP contribution is -2.50. The SMILES string of the molecule is O=C1CC[C@H](N[C@@H]2CCC[C@@H]2Cc2ccccc2)CN1. The number of rotatable bonds is 4. The smallest absolute Gasteiger partial charge is 0.220 e. The van der Waals surface area contributed by atoms with Crippen LogP contribution in [0.2, 0.25) is 0 Å². The highest BCUT2D eigenvalue weighted by atomic mass is 16.1. The first-order chi connectivity index (χ1) is 9.81. The molecule has 3 nitrogen and oxygen atoms in total. The molecule has 1 aliphatic heterocycles. The summed E-state index contributed by atoms with van der Waals surface area (Å²) in [5.41, 5.74) is 1.45. The summed E-state index contributed by atoms with van der Waals surface area (Å²) in [7, 11) is 0. The van der Waals surface area contributed by atoms with E-state index in [0.717, 1.165) is 18.9 Å². The second kappa shape index (κ2) is 6.40. The molecule has 1 aromatic carbocycles. The first kappa shape index (κ1) is 13.6. The van der Waals surface area contributed by atoms with E-state index in [1.807, 2.05) is 0 Å². The maximum absolute atomic E-state index is 11.2. The van der Waals surface area contributed by atoms with Gasteiger partial charge in [-0.3, -0.25) is 4.79 Å². The summed E-state index contributed by atoms with van der Waals surface area (Å²) < 4.78 is 0. The van der Waals surface area contributed by atoms with Crippen molar-refractivity contribution in [3.63, 3.8) is 0 Å². The fourth-order valence-electron chi connectivity index (χ4n) is 3.60. The largest absolute Gasteiger partial charge is 0.355 e. The zero-order valence-electron chi connectivity index (χ0n) is 12.0. The van der Waals surface area contributed by atoms with Crippen LogP contribution in [-0.4, -0.2) is 24.5 Å². The van der Waals surface area contributed by atoms with E-state index in [4.69, 9.17) is 0 Å². The van der Waals surface area contributed by atoms with Crippen LogP contribution in [-0.2, 0) is 11.2 Å². The number of hydrogen-bond donors (Lipinski definition) is 2. The van der Waals surface area contributed by atoms with Crippen molar-refractivity contribution in [1.82, 2.24) is 10.6 Å². The van der Waals surface area contributed by atoms with Crippen LogP contribution in [0.1, 0.15) is 37.7 Å². The standard InChI is InChI=1S/C17H24N2O/c20-17-10-9-15(12-18-17)19-16-8-4-7-14(16)11-13-5-2-1-3-6-13/h1-3,5-6,14-16,19H,4,7-12H2,(H,18,20)/t14-,15+,16-/m1/s1. The zero-order valence-corrected chi connectivity index (χ0v) is 12.0. The van der Waals surface area contributed by atoms with Crippen LogP contribution >= 0.6 is 0 Å². The summed E-state index contributed by atoms with van der Waals surface area (Å²) in [5.74, 6) is 0.949. The van der Waals surface area contributed by atoms with Crippen molar-refractivity contribution in [2.75, 3.05) is 6.54 Å². The van der Waals surface area contributed by atoms with Crippen LogP contribution < -0.4 is 10.6 Å². The topological polar surface area (TPSA) is 41.1 Å². The highest BCUT2D eigenvalue weighted by Crippen LogP contribution is 2.29. The Kier molecular flexibility index (Phi) is 4.36. The van der Waals surface area contributed by atoms with Gasteiger partial charge in [0.1, 0.15) is 0 Å². The molecule has 2 aliphatic rings. The molecule has 0 spiro atoms. The molecule has 20 heavy (non-hydrogen) atoms. The predicted molar refractivity (Wildman–Crippen MR) is 80.4 cm³/mol. The monoisotopic (exact) mass is 272 g/mol. The Morgan fingerprint density at radius 2 is 2.00 bits per heavy atom. The summed E-state index contributed by atoms with van der Waals surface area (Å²) >= 11 is 0. The molecule has 0 aromatic heterocycles. The van der Waals surface area contributed by atoms with Gasteiger partial charge in [0.15, 0.2) is 0 Å². The van der Waals surface area contributed by atoms with Gasteiger partial charge in [-0.25, -0.2) is 0 Å². The third-order valence-electron chi connectivity index (χ3n) is 4.72. The Morgan fingerprint density at radius 3 is 2.75 bits per heavy atom. The van der Waals surface area contributed by atoms with Crippen molar-refractivity contribution < 1.29 is 4.79 Å². The van der Waals surface area contributed by atoms with Crippen LogP contribution in [0.5, 0.6) is 0 Å². The molecule has 1 amide bonds. The van der Waals surface area contributed by atoms with Crippen molar-refractivity contribution >= 4 is 5.91 Å². The minimum Gasteiger partial charge on any atom is -0.355 e. The van der Waals surface area contributed by atoms with Crippen LogP contribution in [0, 0.1) is 5.92 Å². The minimum absolute atomic E-state index is 0.204. The van der Waals surface area contributed by atoms with E-state index < -0.39 is 0 Å². The van der Waals surface area contributed by atoms with Gasteiger partial charge in [0.2, 0.25) is 5.91 Å². The maximum Gasteiger partial charge on any atom is 0.220 e. The fraction of sp³-hybridized carbons (Fsp3) is 0.588. The number of benzene rings is 1. The molecule has 2 N–H and O–H groups in total. The van der Waals surface area contributed by atoms with Gasteiger partial charge in [-0.15, -0.1) is 0 Å². The molecule has 108 valence electrons. The number of carbonyl (C=O) groups is 1. The Morgan fingerprint density at radius 1 is 1.15 bits per heavy atom. The van der Waals surface area contributed by atoms with Gasteiger partial charge in [-0.05, 0) is 37.2 Å². The average Bonchev–Trinajstić information content (AvgIpc) is 2.90. The third-order valence-corrected chi connectivity index (χ3v) is 4.72. The van der Waals surface area contributed by atoms with Gasteiger partial charge in [0, 0.05) is 25.0 Å². The van der Waals surface area contributed by atoms with Gasteiger partial charge < -0.3 is 10.6 Å². The van der Waals surface area contributed by atoms with Crippen molar-refractivity contribution in [3.05, 3.63) is 35.9 Å². The third kappa shape index (κ3) is 3.40. The molecule has 2 fully saturated rings. The molecular formula is C17H24N2O. The van der Waals surface area contributed by atoms with Crippen molar-refractivity contribution in [1.29, 1.82) is 0 Å². The van der Waals surface area contributed by atoms with E-state index in [0.29, 0.717) is 18.5 Å². The van der Waals surface area contributed by atoms with Gasteiger partial charge in [-0.2, -0.15) is 0 Å². The van der Waals surface area contributed by atoms with Crippen LogP contribution in [0.3, 0.4) is 0 Å². The van der Waals surface area contributed by atoms with Crippen molar-refractivity contribution in [2.24, 2.45) is 5.92 Å². The zero-order chi connectivity index (χ0) is 13.8. The van der Waals surface area contributed by atoms with Crippen LogP contribution in [0.25, 0.3) is 0 Å². The number of carbonyl (C=O) groups excluding carboxylic acids is 1. The molecule has 3 atom stereocenters. The van der Waals surface area contributed by atoms with E-state index in [2.05, 4.69) is 41.0 Å². The molecule has 1 aliphatic carbocycles. The molecule has 1 aromatic rings. The summed E-state index contributed by atoms with van der Waals surface area (Å²) in [6.07, 6.45) is 6.77. The molecule has 1 saturated heterocycles. The Hall–Kier alpha value is -1.35. The molecule has 1 heterocycles. The van der Waals surface area contributed by atoms with E-state index in [9.17, 15) is 4.79 Å². The second-order valence-corrected chi connectivity index (χ2v) is 6.19. The van der Waals surface area contributed by atoms with Gasteiger partial charge in [0.05, 0.1) is 0 Å². The number of piperidine rings is 1. The van der Waals surface area contributed by atoms with E-state index >= 15 is 0 Å². The summed E-state index contributed by atoms with van der Waals surface area (Å²) in [4.78, 5) is 11.2. The fourth-order valence-corrected chi connectivity index (χ4v) is 3.60. The Balaban J connectivity index is 1.54. The minimum atomic E-state index is 0.204. The van der Waals surface area contributed by atoms with Crippen molar-refractivity contribution in [2.45, 2.75) is 50.6 Å². The normalized spacial score (nSPS) is 30.2. The highest BCUT2D eigenvalue weighted by Gasteiger charge is 2.30. The van der Waals surface area contributed by atoms with Gasteiger partial charge in [0.25, 0.3) is 0 Å². The van der Waals surface area contributed by atoms with E-state index in [-0.39, 0.29) is 5.91 Å². The van der Waals surface area contributed by atoms with E-state index in [1.54, 1.807) is 0 Å². The molecular weight excluding hydrogens is 248 g/mol. The van der Waals surface area contributed by atoms with Gasteiger partial charge in [-0.1, -0.05) is 36.8 Å². The summed E-state index contributed by atoms with van der Waals surface area (Å²) in [6.45, 7) is 0.799. The summed E-state index contributed by atoms with van der Waals surface area (Å²) in [6, 6.07) is 11.9. The van der Waals surface area contributed by atoms with Crippen LogP contribution in [0.15, 0.2) is 30.3 Å². The molecule has 3 heteroatoms. The van der Waals surface area contributed by atoms with Crippen LogP contribution in [0.4, 0.5) is 0 Å². The number of hydrogen-bond acceptors (Lipinski definition) is 2. The van der Waals surface area contributed by atoms with Crippen molar-refractivity contribution in [3.8, 4) is 0 Å². The highest BCUT2D eigenvalue weighted by molar-refractivity contribution is 5.76. The molecule has 3 rings (SSSR count). The first-order valence-corrected chi connectivity index (χ1v) is 7.88. The average molecular weight is 272 g/mol. The number of amides is 1. The molecule has 0 radical (unpaired) electrons.